The Labute approximate surface area is 120 Å². The van der Waals surface area contributed by atoms with E-state index in [1.807, 2.05) is 19.2 Å². The third-order valence-electron chi connectivity index (χ3n) is 3.25. The number of aryl methyl sites for hydroxylation is 1. The Kier molecular flexibility index (Phi) is 5.55. The summed E-state index contributed by atoms with van der Waals surface area (Å²) >= 11 is 1.42. The molecule has 1 atom stereocenters. The van der Waals surface area contributed by atoms with Gasteiger partial charge in [-0.25, -0.2) is 8.42 Å². The van der Waals surface area contributed by atoms with Crippen molar-refractivity contribution in [1.82, 2.24) is 4.31 Å². The quantitative estimate of drug-likeness (QED) is 0.878. The van der Waals surface area contributed by atoms with Crippen LogP contribution in [0.15, 0.2) is 10.3 Å². The molecular formula is C13H24N2O2S2. The molecule has 0 saturated heterocycles. The minimum atomic E-state index is -3.45. The van der Waals surface area contributed by atoms with Crippen LogP contribution in [-0.2, 0) is 16.6 Å². The molecule has 0 aliphatic heterocycles. The van der Waals surface area contributed by atoms with E-state index in [4.69, 9.17) is 5.73 Å². The Morgan fingerprint density at radius 3 is 2.42 bits per heavy atom. The van der Waals surface area contributed by atoms with Crippen molar-refractivity contribution in [2.75, 3.05) is 7.05 Å². The fraction of sp³-hybridized carbons (Fsp3) is 0.692. The van der Waals surface area contributed by atoms with Gasteiger partial charge in [-0.1, -0.05) is 13.8 Å². The summed E-state index contributed by atoms with van der Waals surface area (Å²) < 4.78 is 26.9. The molecule has 1 heterocycles. The van der Waals surface area contributed by atoms with Crippen LogP contribution in [0.3, 0.4) is 0 Å². The summed E-state index contributed by atoms with van der Waals surface area (Å²) in [5.41, 5.74) is 6.43. The van der Waals surface area contributed by atoms with E-state index in [0.29, 0.717) is 10.8 Å². The lowest BCUT2D eigenvalue weighted by atomic mass is 10.1. The number of hydrogen-bond acceptors (Lipinski definition) is 4. The molecule has 19 heavy (non-hydrogen) atoms. The van der Waals surface area contributed by atoms with Gasteiger partial charge in [0.25, 0.3) is 0 Å². The Hall–Kier alpha value is -0.430. The van der Waals surface area contributed by atoms with Crippen LogP contribution in [0, 0.1) is 12.8 Å². The highest BCUT2D eigenvalue weighted by molar-refractivity contribution is 7.89. The number of sulfonamides is 1. The van der Waals surface area contributed by atoms with Crippen LogP contribution in [0.25, 0.3) is 0 Å². The second-order valence-electron chi connectivity index (χ2n) is 5.37. The Morgan fingerprint density at radius 2 is 1.95 bits per heavy atom. The Balaban J connectivity index is 3.13. The molecule has 0 amide bonds. The van der Waals surface area contributed by atoms with Gasteiger partial charge in [-0.15, -0.1) is 11.3 Å². The summed E-state index contributed by atoms with van der Waals surface area (Å²) in [7, 11) is -1.80. The van der Waals surface area contributed by atoms with Gasteiger partial charge in [0.05, 0.1) is 0 Å². The molecule has 4 nitrogen and oxygen atoms in total. The van der Waals surface area contributed by atoms with Crippen LogP contribution in [0.4, 0.5) is 0 Å². The molecule has 1 aromatic heterocycles. The monoisotopic (exact) mass is 304 g/mol. The minimum Gasteiger partial charge on any atom is -0.326 e. The first-order valence-corrected chi connectivity index (χ1v) is 8.78. The second kappa shape index (κ2) is 6.35. The van der Waals surface area contributed by atoms with Gasteiger partial charge in [-0.05, 0) is 37.1 Å². The van der Waals surface area contributed by atoms with E-state index in [1.54, 1.807) is 7.05 Å². The van der Waals surface area contributed by atoms with Crippen LogP contribution >= 0.6 is 11.3 Å². The van der Waals surface area contributed by atoms with E-state index in [2.05, 4.69) is 13.8 Å². The van der Waals surface area contributed by atoms with Crippen molar-refractivity contribution >= 4 is 21.4 Å². The summed E-state index contributed by atoms with van der Waals surface area (Å²) in [5.74, 6) is 0.463. The molecule has 0 aliphatic rings. The fourth-order valence-electron chi connectivity index (χ4n) is 2.19. The van der Waals surface area contributed by atoms with Crippen molar-refractivity contribution in [2.45, 2.75) is 51.6 Å². The summed E-state index contributed by atoms with van der Waals surface area (Å²) in [6.45, 7) is 8.22. The normalized spacial score (nSPS) is 14.3. The first-order valence-electron chi connectivity index (χ1n) is 6.46. The smallest absolute Gasteiger partial charge is 0.244 e. The predicted molar refractivity (Wildman–Crippen MR) is 80.8 cm³/mol. The maximum Gasteiger partial charge on any atom is 0.244 e. The van der Waals surface area contributed by atoms with Gasteiger partial charge in [0.15, 0.2) is 0 Å². The third-order valence-corrected chi connectivity index (χ3v) is 6.70. The van der Waals surface area contributed by atoms with Gasteiger partial charge in [0, 0.05) is 24.5 Å². The molecule has 6 heteroatoms. The lowest BCUT2D eigenvalue weighted by Crippen LogP contribution is -2.36. The summed E-state index contributed by atoms with van der Waals surface area (Å²) in [6.07, 6.45) is 0.844. The van der Waals surface area contributed by atoms with Gasteiger partial charge in [-0.2, -0.15) is 4.31 Å². The molecule has 1 unspecified atom stereocenters. The second-order valence-corrected chi connectivity index (χ2v) is 8.27. The van der Waals surface area contributed by atoms with Crippen molar-refractivity contribution in [3.05, 3.63) is 15.8 Å². The van der Waals surface area contributed by atoms with E-state index in [-0.39, 0.29) is 12.6 Å². The standard InChI is InChI=1S/C13H24N2O2S2/c1-9(2)6-11(4)15(5)19(16,17)13-10(3)8-18-12(13)7-14/h8-9,11H,6-7,14H2,1-5H3. The van der Waals surface area contributed by atoms with Crippen molar-refractivity contribution in [3.8, 4) is 0 Å². The molecule has 0 fully saturated rings. The van der Waals surface area contributed by atoms with Gasteiger partial charge in [0.2, 0.25) is 10.0 Å². The lowest BCUT2D eigenvalue weighted by molar-refractivity contribution is 0.337. The Morgan fingerprint density at radius 1 is 1.37 bits per heavy atom. The molecular weight excluding hydrogens is 280 g/mol. The largest absolute Gasteiger partial charge is 0.326 e. The number of rotatable bonds is 6. The minimum absolute atomic E-state index is 0.0186. The zero-order valence-electron chi connectivity index (χ0n) is 12.3. The number of nitrogens with zero attached hydrogens (tertiary/aromatic N) is 1. The predicted octanol–water partition coefficient (Wildman–Crippen LogP) is 2.57. The Bertz CT molecular complexity index is 521. The van der Waals surface area contributed by atoms with E-state index < -0.39 is 10.0 Å². The maximum absolute atomic E-state index is 12.7. The van der Waals surface area contributed by atoms with Gasteiger partial charge in [0.1, 0.15) is 4.90 Å². The van der Waals surface area contributed by atoms with Crippen molar-refractivity contribution in [3.63, 3.8) is 0 Å². The number of nitrogens with two attached hydrogens (primary N) is 1. The van der Waals surface area contributed by atoms with Crippen LogP contribution in [0.5, 0.6) is 0 Å². The van der Waals surface area contributed by atoms with Crippen molar-refractivity contribution in [2.24, 2.45) is 11.7 Å². The topological polar surface area (TPSA) is 63.4 Å². The number of hydrogen-bond donors (Lipinski definition) is 1. The molecule has 1 rings (SSSR count). The van der Waals surface area contributed by atoms with E-state index in [1.165, 1.54) is 15.6 Å². The van der Waals surface area contributed by atoms with E-state index in [9.17, 15) is 8.42 Å². The van der Waals surface area contributed by atoms with Crippen LogP contribution in [-0.4, -0.2) is 25.8 Å². The molecule has 0 saturated carbocycles. The van der Waals surface area contributed by atoms with Crippen molar-refractivity contribution < 1.29 is 8.42 Å². The zero-order valence-corrected chi connectivity index (χ0v) is 13.9. The van der Waals surface area contributed by atoms with Crippen molar-refractivity contribution in [1.29, 1.82) is 0 Å². The van der Waals surface area contributed by atoms with E-state index >= 15 is 0 Å². The SMILES string of the molecule is Cc1csc(CN)c1S(=O)(=O)N(C)C(C)CC(C)C. The zero-order chi connectivity index (χ0) is 14.8. The molecule has 2 N–H and O–H groups in total. The molecule has 0 bridgehead atoms. The first kappa shape index (κ1) is 16.6. The molecule has 1 aromatic rings. The fourth-order valence-corrected chi connectivity index (χ4v) is 5.21. The van der Waals surface area contributed by atoms with Crippen LogP contribution < -0.4 is 5.73 Å². The average Bonchev–Trinajstić information content (AvgIpc) is 2.68. The summed E-state index contributed by atoms with van der Waals surface area (Å²) in [6, 6.07) is -0.0186. The number of thiophene rings is 1. The van der Waals surface area contributed by atoms with Gasteiger partial charge < -0.3 is 5.73 Å². The summed E-state index contributed by atoms with van der Waals surface area (Å²) in [5, 5.41) is 1.86. The molecule has 0 spiro atoms. The molecule has 0 radical (unpaired) electrons. The van der Waals surface area contributed by atoms with E-state index in [0.717, 1.165) is 16.9 Å². The van der Waals surface area contributed by atoms with Crippen LogP contribution in [0.1, 0.15) is 37.6 Å². The first-order chi connectivity index (χ1) is 8.71. The average molecular weight is 304 g/mol. The highest BCUT2D eigenvalue weighted by atomic mass is 32.2. The third kappa shape index (κ3) is 3.56. The molecule has 0 aliphatic carbocycles. The summed E-state index contributed by atoms with van der Waals surface area (Å²) in [4.78, 5) is 1.14. The highest BCUT2D eigenvalue weighted by Crippen LogP contribution is 2.30. The lowest BCUT2D eigenvalue weighted by Gasteiger charge is -2.26. The van der Waals surface area contributed by atoms with Crippen LogP contribution in [0.2, 0.25) is 0 Å². The van der Waals surface area contributed by atoms with Gasteiger partial charge in [-0.3, -0.25) is 0 Å². The molecule has 0 aromatic carbocycles. The molecule has 110 valence electrons. The highest BCUT2D eigenvalue weighted by Gasteiger charge is 2.30. The maximum atomic E-state index is 12.7. The van der Waals surface area contributed by atoms with Gasteiger partial charge >= 0.3 is 0 Å².